The molecule has 0 bridgehead atoms. The minimum absolute atomic E-state index is 0.0102. The van der Waals surface area contributed by atoms with E-state index in [2.05, 4.69) is 6.07 Å². The van der Waals surface area contributed by atoms with Gasteiger partial charge in [0.15, 0.2) is 0 Å². The highest BCUT2D eigenvalue weighted by Gasteiger charge is 2.36. The topological polar surface area (TPSA) is 37.4 Å². The Hall–Kier alpha value is -1.17. The van der Waals surface area contributed by atoms with Crippen LogP contribution in [0.5, 0.6) is 0 Å². The molecular weight excluding hydrogens is 326 g/mol. The fraction of sp³-hybridized carbons (Fsp3) is 0.444. The minimum atomic E-state index is -3.41. The molecule has 0 amide bonds. The average molecular weight is 348 g/mol. The lowest BCUT2D eigenvalue weighted by Gasteiger charge is -2.24. The molecule has 23 heavy (non-hydrogen) atoms. The second-order valence-electron chi connectivity index (χ2n) is 6.43. The molecule has 0 N–H and O–H groups in total. The summed E-state index contributed by atoms with van der Waals surface area (Å²) in [7, 11) is -3.41. The van der Waals surface area contributed by atoms with Gasteiger partial charge in [-0.3, -0.25) is 0 Å². The molecule has 2 aromatic rings. The lowest BCUT2D eigenvalue weighted by atomic mass is 9.92. The van der Waals surface area contributed by atoms with Crippen molar-refractivity contribution in [3.8, 4) is 0 Å². The number of fused-ring (bicyclic) bond motifs is 1. The minimum Gasteiger partial charge on any atom is -0.207 e. The summed E-state index contributed by atoms with van der Waals surface area (Å²) in [5, 5.41) is 2.03. The molecule has 1 aromatic heterocycles. The molecule has 3 nitrogen and oxygen atoms in total. The number of sulfonamides is 1. The molecule has 0 radical (unpaired) electrons. The predicted octanol–water partition coefficient (Wildman–Crippen LogP) is 4.15. The van der Waals surface area contributed by atoms with Gasteiger partial charge in [0.2, 0.25) is 10.0 Å². The van der Waals surface area contributed by atoms with Crippen molar-refractivity contribution in [1.29, 1.82) is 0 Å². The molecule has 1 fully saturated rings. The van der Waals surface area contributed by atoms with Crippen LogP contribution in [-0.4, -0.2) is 19.3 Å². The number of aryl methyl sites for hydroxylation is 2. The molecule has 0 spiro atoms. The van der Waals surface area contributed by atoms with E-state index in [4.69, 9.17) is 0 Å². The molecule has 2 heterocycles. The molecule has 4 rings (SSSR count). The van der Waals surface area contributed by atoms with Crippen LogP contribution in [-0.2, 0) is 22.9 Å². The molecule has 0 saturated carbocycles. The molecule has 1 aliphatic carbocycles. The molecule has 2 aliphatic rings. The first-order chi connectivity index (χ1) is 11.2. The van der Waals surface area contributed by atoms with Crippen LogP contribution in [0.15, 0.2) is 40.6 Å². The summed E-state index contributed by atoms with van der Waals surface area (Å²) in [5.41, 5.74) is 2.55. The number of hydrogen-bond acceptors (Lipinski definition) is 3. The lowest BCUT2D eigenvalue weighted by Crippen LogP contribution is -2.30. The summed E-state index contributed by atoms with van der Waals surface area (Å²) in [6.45, 7) is 0.627. The molecule has 122 valence electrons. The van der Waals surface area contributed by atoms with Crippen molar-refractivity contribution < 1.29 is 8.42 Å². The molecule has 1 aromatic carbocycles. The summed E-state index contributed by atoms with van der Waals surface area (Å²) in [5.74, 6) is 0. The van der Waals surface area contributed by atoms with Crippen LogP contribution in [0.25, 0.3) is 0 Å². The van der Waals surface area contributed by atoms with E-state index < -0.39 is 10.0 Å². The van der Waals surface area contributed by atoms with Gasteiger partial charge in [-0.25, -0.2) is 8.42 Å². The van der Waals surface area contributed by atoms with E-state index in [-0.39, 0.29) is 6.04 Å². The number of rotatable bonds is 3. The van der Waals surface area contributed by atoms with Crippen molar-refractivity contribution in [2.45, 2.75) is 49.5 Å². The third-order valence-electron chi connectivity index (χ3n) is 5.00. The van der Waals surface area contributed by atoms with Crippen molar-refractivity contribution in [2.24, 2.45) is 0 Å². The SMILES string of the molecule is O=S(=O)(c1ccc2c(c1)CCCC2)N1CCC[C@@H]1c1cccs1. The first kappa shape index (κ1) is 15.4. The summed E-state index contributed by atoms with van der Waals surface area (Å²) < 4.78 is 28.0. The van der Waals surface area contributed by atoms with Crippen LogP contribution in [0.2, 0.25) is 0 Å². The Balaban J connectivity index is 1.69. The summed E-state index contributed by atoms with van der Waals surface area (Å²) in [6.07, 6.45) is 6.32. The molecule has 5 heteroatoms. The summed E-state index contributed by atoms with van der Waals surface area (Å²) >= 11 is 1.65. The highest BCUT2D eigenvalue weighted by atomic mass is 32.2. The van der Waals surface area contributed by atoms with Crippen LogP contribution >= 0.6 is 11.3 Å². The molecular formula is C18H21NO2S2. The fourth-order valence-corrected chi connectivity index (χ4v) is 6.46. The zero-order valence-electron chi connectivity index (χ0n) is 13.1. The smallest absolute Gasteiger partial charge is 0.207 e. The first-order valence-electron chi connectivity index (χ1n) is 8.33. The van der Waals surface area contributed by atoms with Gasteiger partial charge in [0.1, 0.15) is 0 Å². The normalized spacial score (nSPS) is 22.2. The maximum absolute atomic E-state index is 13.2. The van der Waals surface area contributed by atoms with Crippen molar-refractivity contribution in [3.05, 3.63) is 51.7 Å². The van der Waals surface area contributed by atoms with Crippen molar-refractivity contribution in [3.63, 3.8) is 0 Å². The van der Waals surface area contributed by atoms with Crippen molar-refractivity contribution >= 4 is 21.4 Å². The number of hydrogen-bond donors (Lipinski definition) is 0. The second kappa shape index (κ2) is 6.04. The molecule has 1 atom stereocenters. The standard InChI is InChI=1S/C18H21NO2S2/c20-23(21,16-10-9-14-5-1-2-6-15(14)13-16)19-11-3-7-17(19)18-8-4-12-22-18/h4,8-10,12-13,17H,1-3,5-7,11H2/t17-/m1/s1. The number of benzene rings is 1. The van der Waals surface area contributed by atoms with Crippen LogP contribution in [0.3, 0.4) is 0 Å². The maximum Gasteiger partial charge on any atom is 0.243 e. The Morgan fingerprint density at radius 1 is 1.04 bits per heavy atom. The number of nitrogens with zero attached hydrogens (tertiary/aromatic N) is 1. The van der Waals surface area contributed by atoms with Gasteiger partial charge in [0.25, 0.3) is 0 Å². The molecule has 1 aliphatic heterocycles. The largest absolute Gasteiger partial charge is 0.243 e. The van der Waals surface area contributed by atoms with Gasteiger partial charge >= 0.3 is 0 Å². The monoisotopic (exact) mass is 347 g/mol. The summed E-state index contributed by atoms with van der Waals surface area (Å²) in [4.78, 5) is 1.63. The van der Waals surface area contributed by atoms with Gasteiger partial charge in [0, 0.05) is 11.4 Å². The van der Waals surface area contributed by atoms with Crippen molar-refractivity contribution in [1.82, 2.24) is 4.31 Å². The van der Waals surface area contributed by atoms with E-state index in [9.17, 15) is 8.42 Å². The second-order valence-corrected chi connectivity index (χ2v) is 9.30. The van der Waals surface area contributed by atoms with E-state index in [1.807, 2.05) is 29.6 Å². The Morgan fingerprint density at radius 2 is 1.87 bits per heavy atom. The first-order valence-corrected chi connectivity index (χ1v) is 10.7. The van der Waals surface area contributed by atoms with Crippen LogP contribution in [0.4, 0.5) is 0 Å². The molecule has 0 unspecified atom stereocenters. The van der Waals surface area contributed by atoms with E-state index >= 15 is 0 Å². The van der Waals surface area contributed by atoms with Gasteiger partial charge in [-0.15, -0.1) is 11.3 Å². The highest BCUT2D eigenvalue weighted by Crippen LogP contribution is 2.38. The Morgan fingerprint density at radius 3 is 2.65 bits per heavy atom. The van der Waals surface area contributed by atoms with Crippen LogP contribution in [0.1, 0.15) is 47.7 Å². The average Bonchev–Trinajstić information content (AvgIpc) is 3.25. The van der Waals surface area contributed by atoms with Crippen molar-refractivity contribution in [2.75, 3.05) is 6.54 Å². The van der Waals surface area contributed by atoms with E-state index in [0.29, 0.717) is 11.4 Å². The zero-order valence-corrected chi connectivity index (χ0v) is 14.7. The van der Waals surface area contributed by atoms with Crippen LogP contribution < -0.4 is 0 Å². The zero-order chi connectivity index (χ0) is 15.9. The van der Waals surface area contributed by atoms with Crippen LogP contribution in [0, 0.1) is 0 Å². The van der Waals surface area contributed by atoms with E-state index in [1.165, 1.54) is 17.5 Å². The van der Waals surface area contributed by atoms with E-state index in [1.54, 1.807) is 15.6 Å². The summed E-state index contributed by atoms with van der Waals surface area (Å²) in [6, 6.07) is 9.82. The van der Waals surface area contributed by atoms with Gasteiger partial charge in [-0.2, -0.15) is 4.31 Å². The Kier molecular flexibility index (Phi) is 4.03. The Labute approximate surface area is 142 Å². The highest BCUT2D eigenvalue weighted by molar-refractivity contribution is 7.89. The third kappa shape index (κ3) is 2.75. The van der Waals surface area contributed by atoms with Gasteiger partial charge in [-0.1, -0.05) is 12.1 Å². The fourth-order valence-electron chi connectivity index (χ4n) is 3.80. The number of thiophene rings is 1. The molecule has 1 saturated heterocycles. The Bertz CT molecular complexity index is 796. The van der Waals surface area contributed by atoms with Gasteiger partial charge in [-0.05, 0) is 73.2 Å². The third-order valence-corrected chi connectivity index (χ3v) is 7.88. The van der Waals surface area contributed by atoms with E-state index in [0.717, 1.165) is 37.0 Å². The quantitative estimate of drug-likeness (QED) is 0.836. The lowest BCUT2D eigenvalue weighted by molar-refractivity contribution is 0.401. The maximum atomic E-state index is 13.2. The van der Waals surface area contributed by atoms with Gasteiger partial charge in [0.05, 0.1) is 10.9 Å². The predicted molar refractivity (Wildman–Crippen MR) is 93.3 cm³/mol. The van der Waals surface area contributed by atoms with Gasteiger partial charge < -0.3 is 0 Å².